The highest BCUT2D eigenvalue weighted by Gasteiger charge is 2.15. The second-order valence-corrected chi connectivity index (χ2v) is 6.35. The summed E-state index contributed by atoms with van der Waals surface area (Å²) in [4.78, 5) is 7.09. The number of halogens is 1. The van der Waals surface area contributed by atoms with Gasteiger partial charge in [0.1, 0.15) is 0 Å². The summed E-state index contributed by atoms with van der Waals surface area (Å²) in [5.74, 6) is 0.905. The van der Waals surface area contributed by atoms with Crippen molar-refractivity contribution in [1.29, 1.82) is 0 Å². The number of piperidine rings is 1. The molecule has 6 heteroatoms. The van der Waals surface area contributed by atoms with Gasteiger partial charge in [0.05, 0.1) is 6.10 Å². The topological polar surface area (TPSA) is 59.9 Å². The van der Waals surface area contributed by atoms with Gasteiger partial charge in [0.2, 0.25) is 0 Å². The number of hydrogen-bond donors (Lipinski definition) is 3. The van der Waals surface area contributed by atoms with E-state index in [0.29, 0.717) is 0 Å². The van der Waals surface area contributed by atoms with Crippen LogP contribution in [0.4, 0.5) is 0 Å². The van der Waals surface area contributed by atoms with Gasteiger partial charge in [0.15, 0.2) is 5.96 Å². The van der Waals surface area contributed by atoms with Crippen LogP contribution in [0.2, 0.25) is 0 Å². The summed E-state index contributed by atoms with van der Waals surface area (Å²) < 4.78 is 0. The van der Waals surface area contributed by atoms with Crippen molar-refractivity contribution in [3.8, 4) is 0 Å². The molecule has 0 atom stereocenters. The number of nitrogens with one attached hydrogen (secondary N) is 2. The molecule has 1 aliphatic heterocycles. The Labute approximate surface area is 169 Å². The third kappa shape index (κ3) is 9.42. The first-order chi connectivity index (χ1) is 11.8. The standard InChI is InChI=1S/C19H32N4O.HI/c1-2-20-19(22-13-9-17-7-4-3-5-8-17)21-12-6-14-23-15-10-18(24)11-16-23;/h3-5,7-8,18,24H,2,6,9-16H2,1H3,(H2,20,21,22);1H. The van der Waals surface area contributed by atoms with Crippen LogP contribution in [0.1, 0.15) is 31.7 Å². The number of hydrogen-bond acceptors (Lipinski definition) is 3. The third-order valence-electron chi connectivity index (χ3n) is 4.35. The van der Waals surface area contributed by atoms with Crippen LogP contribution >= 0.6 is 24.0 Å². The summed E-state index contributed by atoms with van der Waals surface area (Å²) in [5, 5.41) is 16.2. The van der Waals surface area contributed by atoms with E-state index in [4.69, 9.17) is 0 Å². The van der Waals surface area contributed by atoms with Gasteiger partial charge in [0, 0.05) is 32.7 Å². The van der Waals surface area contributed by atoms with Crippen molar-refractivity contribution in [2.75, 3.05) is 39.3 Å². The highest BCUT2D eigenvalue weighted by Crippen LogP contribution is 2.09. The molecule has 5 nitrogen and oxygen atoms in total. The molecular formula is C19H33IN4O. The second-order valence-electron chi connectivity index (χ2n) is 6.35. The van der Waals surface area contributed by atoms with Gasteiger partial charge >= 0.3 is 0 Å². The van der Waals surface area contributed by atoms with Crippen LogP contribution in [0.25, 0.3) is 0 Å². The first-order valence-corrected chi connectivity index (χ1v) is 9.24. The van der Waals surface area contributed by atoms with Gasteiger partial charge in [-0.15, -0.1) is 24.0 Å². The average molecular weight is 460 g/mol. The highest BCUT2D eigenvalue weighted by atomic mass is 127. The second kappa shape index (κ2) is 13.4. The van der Waals surface area contributed by atoms with E-state index < -0.39 is 0 Å². The number of guanidine groups is 1. The largest absolute Gasteiger partial charge is 0.393 e. The Morgan fingerprint density at radius 1 is 1.20 bits per heavy atom. The van der Waals surface area contributed by atoms with Crippen molar-refractivity contribution in [3.05, 3.63) is 35.9 Å². The molecule has 0 amide bonds. The molecule has 1 heterocycles. The zero-order valence-corrected chi connectivity index (χ0v) is 17.6. The maximum atomic E-state index is 9.53. The fraction of sp³-hybridized carbons (Fsp3) is 0.632. The summed E-state index contributed by atoms with van der Waals surface area (Å²) >= 11 is 0. The maximum Gasteiger partial charge on any atom is 0.191 e. The van der Waals surface area contributed by atoms with Crippen LogP contribution in [0.15, 0.2) is 35.3 Å². The summed E-state index contributed by atoms with van der Waals surface area (Å²) in [6.45, 7) is 7.79. The average Bonchev–Trinajstić information content (AvgIpc) is 2.61. The Kier molecular flexibility index (Phi) is 11.9. The zero-order valence-electron chi connectivity index (χ0n) is 15.3. The predicted octanol–water partition coefficient (Wildman–Crippen LogP) is 2.25. The summed E-state index contributed by atoms with van der Waals surface area (Å²) in [7, 11) is 0. The Morgan fingerprint density at radius 3 is 2.60 bits per heavy atom. The van der Waals surface area contributed by atoms with E-state index in [1.54, 1.807) is 0 Å². The van der Waals surface area contributed by atoms with E-state index >= 15 is 0 Å². The first kappa shape index (κ1) is 22.2. The van der Waals surface area contributed by atoms with Crippen LogP contribution in [0.5, 0.6) is 0 Å². The Balaban J connectivity index is 0.00000312. The zero-order chi connectivity index (χ0) is 17.0. The number of benzene rings is 1. The fourth-order valence-electron chi connectivity index (χ4n) is 2.94. The minimum absolute atomic E-state index is 0. The van der Waals surface area contributed by atoms with Gasteiger partial charge in [-0.1, -0.05) is 30.3 Å². The number of aliphatic hydroxyl groups excluding tert-OH is 1. The van der Waals surface area contributed by atoms with E-state index in [-0.39, 0.29) is 30.1 Å². The normalized spacial score (nSPS) is 16.3. The lowest BCUT2D eigenvalue weighted by Gasteiger charge is -2.29. The molecule has 1 aliphatic rings. The van der Waals surface area contributed by atoms with Crippen LogP contribution < -0.4 is 10.6 Å². The van der Waals surface area contributed by atoms with Gasteiger partial charge in [-0.3, -0.25) is 4.99 Å². The van der Waals surface area contributed by atoms with Gasteiger partial charge in [-0.05, 0) is 44.7 Å². The highest BCUT2D eigenvalue weighted by molar-refractivity contribution is 14.0. The van der Waals surface area contributed by atoms with E-state index in [9.17, 15) is 5.11 Å². The SMILES string of the molecule is CCNC(=NCCCN1CCC(O)CC1)NCCc1ccccc1.I. The van der Waals surface area contributed by atoms with Crippen LogP contribution in [0, 0.1) is 0 Å². The number of likely N-dealkylation sites (tertiary alicyclic amines) is 1. The Hall–Kier alpha value is -0.860. The number of aliphatic hydroxyl groups is 1. The molecule has 1 fully saturated rings. The van der Waals surface area contributed by atoms with Crippen molar-refractivity contribution < 1.29 is 5.11 Å². The maximum absolute atomic E-state index is 9.53. The van der Waals surface area contributed by atoms with E-state index in [0.717, 1.165) is 70.9 Å². The van der Waals surface area contributed by atoms with Crippen molar-refractivity contribution in [1.82, 2.24) is 15.5 Å². The van der Waals surface area contributed by atoms with Crippen LogP contribution in [-0.2, 0) is 6.42 Å². The molecule has 0 spiro atoms. The van der Waals surface area contributed by atoms with Crippen molar-refractivity contribution in [3.63, 3.8) is 0 Å². The molecule has 142 valence electrons. The smallest absolute Gasteiger partial charge is 0.191 e. The minimum Gasteiger partial charge on any atom is -0.393 e. The molecule has 0 radical (unpaired) electrons. The van der Waals surface area contributed by atoms with Crippen molar-refractivity contribution in [2.24, 2.45) is 4.99 Å². The minimum atomic E-state index is -0.0894. The molecule has 25 heavy (non-hydrogen) atoms. The van der Waals surface area contributed by atoms with Crippen LogP contribution in [0.3, 0.4) is 0 Å². The molecule has 0 bridgehead atoms. The number of rotatable bonds is 8. The van der Waals surface area contributed by atoms with E-state index in [1.165, 1.54) is 5.56 Å². The van der Waals surface area contributed by atoms with Gasteiger partial charge in [-0.25, -0.2) is 0 Å². The molecule has 0 unspecified atom stereocenters. The lowest BCUT2D eigenvalue weighted by atomic mass is 10.1. The summed E-state index contributed by atoms with van der Waals surface area (Å²) in [5.41, 5.74) is 1.34. The van der Waals surface area contributed by atoms with Gasteiger partial charge in [-0.2, -0.15) is 0 Å². The third-order valence-corrected chi connectivity index (χ3v) is 4.35. The fourth-order valence-corrected chi connectivity index (χ4v) is 2.94. The first-order valence-electron chi connectivity index (χ1n) is 9.24. The molecule has 0 aromatic heterocycles. The van der Waals surface area contributed by atoms with Crippen LogP contribution in [-0.4, -0.2) is 61.3 Å². The van der Waals surface area contributed by atoms with E-state index in [1.807, 2.05) is 6.07 Å². The number of nitrogens with zero attached hydrogens (tertiary/aromatic N) is 2. The predicted molar refractivity (Wildman–Crippen MR) is 116 cm³/mol. The quantitative estimate of drug-likeness (QED) is 0.241. The molecule has 0 saturated carbocycles. The lowest BCUT2D eigenvalue weighted by Crippen LogP contribution is -2.39. The van der Waals surface area contributed by atoms with Crippen molar-refractivity contribution >= 4 is 29.9 Å². The monoisotopic (exact) mass is 460 g/mol. The Bertz CT molecular complexity index is 476. The Morgan fingerprint density at radius 2 is 1.92 bits per heavy atom. The molecule has 1 aromatic rings. The molecule has 3 N–H and O–H groups in total. The molecule has 0 aliphatic carbocycles. The van der Waals surface area contributed by atoms with Gasteiger partial charge < -0.3 is 20.6 Å². The molecule has 2 rings (SSSR count). The summed E-state index contributed by atoms with van der Waals surface area (Å²) in [6.07, 6.45) is 3.79. The molecular weight excluding hydrogens is 427 g/mol. The van der Waals surface area contributed by atoms with Gasteiger partial charge in [0.25, 0.3) is 0 Å². The molecule has 1 saturated heterocycles. The van der Waals surface area contributed by atoms with Crippen molar-refractivity contribution in [2.45, 2.75) is 38.7 Å². The summed E-state index contributed by atoms with van der Waals surface area (Å²) in [6, 6.07) is 10.5. The number of aliphatic imine (C=N–C) groups is 1. The lowest BCUT2D eigenvalue weighted by molar-refractivity contribution is 0.0824. The molecule has 1 aromatic carbocycles. The van der Waals surface area contributed by atoms with E-state index in [2.05, 4.69) is 51.7 Å².